The number of hydrogen-bond acceptors (Lipinski definition) is 7. The Morgan fingerprint density at radius 3 is 2.26 bits per heavy atom. The van der Waals surface area contributed by atoms with E-state index in [1.807, 2.05) is 19.1 Å². The van der Waals surface area contributed by atoms with Gasteiger partial charge in [-0.1, -0.05) is 6.92 Å². The summed E-state index contributed by atoms with van der Waals surface area (Å²) in [6.07, 6.45) is 6.14. The van der Waals surface area contributed by atoms with Crippen LogP contribution in [0.3, 0.4) is 0 Å². The van der Waals surface area contributed by atoms with Gasteiger partial charge >= 0.3 is 5.97 Å². The molecule has 0 amide bonds. The van der Waals surface area contributed by atoms with Gasteiger partial charge in [-0.25, -0.2) is 9.78 Å². The van der Waals surface area contributed by atoms with Gasteiger partial charge in [0.25, 0.3) is 5.79 Å². The molecule has 2 aliphatic heterocycles. The maximum absolute atomic E-state index is 12.2. The number of carbonyl (C=O) groups is 1. The number of ether oxygens (including phenoxy) is 3. The van der Waals surface area contributed by atoms with Crippen molar-refractivity contribution >= 4 is 11.8 Å². The molecule has 1 N–H and O–H groups in total. The van der Waals surface area contributed by atoms with Crippen LogP contribution in [0.4, 0.5) is 5.82 Å². The van der Waals surface area contributed by atoms with Crippen LogP contribution in [0.1, 0.15) is 69.3 Å². The van der Waals surface area contributed by atoms with Gasteiger partial charge < -0.3 is 29.1 Å². The van der Waals surface area contributed by atoms with Gasteiger partial charge in [0, 0.05) is 54.4 Å². The molecule has 8 heteroatoms. The molecular formula is C30H41N3O5. The zero-order chi connectivity index (χ0) is 27.4. The molecule has 0 bridgehead atoms. The van der Waals surface area contributed by atoms with E-state index < -0.39 is 11.8 Å². The molecule has 3 heterocycles. The Morgan fingerprint density at radius 2 is 1.71 bits per heavy atom. The molecular weight excluding hydrogens is 482 g/mol. The summed E-state index contributed by atoms with van der Waals surface area (Å²) < 4.78 is 19.2. The molecule has 206 valence electrons. The van der Waals surface area contributed by atoms with E-state index in [4.69, 9.17) is 19.2 Å². The van der Waals surface area contributed by atoms with E-state index in [0.29, 0.717) is 28.7 Å². The van der Waals surface area contributed by atoms with Gasteiger partial charge in [0.15, 0.2) is 11.5 Å². The normalized spacial score (nSPS) is 31.1. The highest BCUT2D eigenvalue weighted by Crippen LogP contribution is 2.56. The lowest BCUT2D eigenvalue weighted by Gasteiger charge is -2.47. The molecule has 1 unspecified atom stereocenters. The van der Waals surface area contributed by atoms with E-state index >= 15 is 0 Å². The molecule has 3 aliphatic rings. The van der Waals surface area contributed by atoms with Crippen molar-refractivity contribution in [3.05, 3.63) is 35.5 Å². The van der Waals surface area contributed by atoms with Gasteiger partial charge in [0.2, 0.25) is 0 Å². The first kappa shape index (κ1) is 26.8. The maximum atomic E-state index is 12.2. The van der Waals surface area contributed by atoms with E-state index in [1.165, 1.54) is 0 Å². The number of nitrogens with zero attached hydrogens (tertiary/aromatic N) is 3. The number of fused-ring (bicyclic) bond motifs is 1. The van der Waals surface area contributed by atoms with E-state index in [-0.39, 0.29) is 23.2 Å². The largest absolute Gasteiger partial charge is 0.478 e. The van der Waals surface area contributed by atoms with Crippen LogP contribution in [0.15, 0.2) is 24.4 Å². The van der Waals surface area contributed by atoms with Crippen molar-refractivity contribution in [3.63, 3.8) is 0 Å². The Hall–Kier alpha value is -2.84. The number of aromatic nitrogens is 1. The van der Waals surface area contributed by atoms with Crippen molar-refractivity contribution in [2.75, 3.05) is 32.1 Å². The summed E-state index contributed by atoms with van der Waals surface area (Å²) in [5.74, 6) is 0.135. The number of carboxylic acids is 1. The standard InChI is InChI=1S/C30H41N3O5/c1-18-16-33(17-19(2)36-18)25-9-8-21(15-31-25)24-14-23(28(34)35)20(3)26-27(24)38-30(5,37-26)29(4)12-10-22(11-13-29)32(6)7/h8-9,14-15,18-19,22H,10-13,16-17H2,1-7H3,(H,34,35)/t18-,19+,22?,29?,30?. The summed E-state index contributed by atoms with van der Waals surface area (Å²) in [6, 6.07) is 6.23. The number of anilines is 1. The van der Waals surface area contributed by atoms with Crippen LogP contribution in [-0.2, 0) is 4.74 Å². The van der Waals surface area contributed by atoms with Crippen LogP contribution in [0, 0.1) is 12.3 Å². The molecule has 0 radical (unpaired) electrons. The lowest BCUT2D eigenvalue weighted by atomic mass is 9.68. The van der Waals surface area contributed by atoms with Crippen molar-refractivity contribution in [2.45, 2.75) is 84.3 Å². The number of pyridine rings is 1. The van der Waals surface area contributed by atoms with E-state index in [9.17, 15) is 9.90 Å². The number of benzene rings is 1. The Balaban J connectivity index is 1.49. The van der Waals surface area contributed by atoms with Gasteiger partial charge in [0.05, 0.1) is 17.8 Å². The molecule has 1 aromatic carbocycles. The first-order chi connectivity index (χ1) is 17.9. The predicted octanol–water partition coefficient (Wildman–Crippen LogP) is 5.37. The predicted molar refractivity (Wildman–Crippen MR) is 147 cm³/mol. The van der Waals surface area contributed by atoms with Crippen LogP contribution in [-0.4, -0.2) is 72.2 Å². The fourth-order valence-electron chi connectivity index (χ4n) is 6.36. The van der Waals surface area contributed by atoms with Gasteiger partial charge in [-0.15, -0.1) is 0 Å². The third-order valence-electron chi connectivity index (χ3n) is 9.00. The van der Waals surface area contributed by atoms with Crippen molar-refractivity contribution in [1.29, 1.82) is 0 Å². The third kappa shape index (κ3) is 4.62. The highest BCUT2D eigenvalue weighted by atomic mass is 16.7. The molecule has 2 fully saturated rings. The smallest absolute Gasteiger partial charge is 0.336 e. The summed E-state index contributed by atoms with van der Waals surface area (Å²) in [5.41, 5.74) is 2.09. The molecule has 0 spiro atoms. The number of aromatic carboxylic acids is 1. The topological polar surface area (TPSA) is 84.4 Å². The number of morpholine rings is 1. The quantitative estimate of drug-likeness (QED) is 0.560. The molecule has 1 saturated heterocycles. The minimum Gasteiger partial charge on any atom is -0.478 e. The van der Waals surface area contributed by atoms with Crippen LogP contribution in [0.2, 0.25) is 0 Å². The summed E-state index contributed by atoms with van der Waals surface area (Å²) >= 11 is 0. The highest BCUT2D eigenvalue weighted by molar-refractivity contribution is 5.94. The minimum absolute atomic E-state index is 0.135. The van der Waals surface area contributed by atoms with Crippen molar-refractivity contribution in [3.8, 4) is 22.6 Å². The van der Waals surface area contributed by atoms with Crippen molar-refractivity contribution < 1.29 is 24.1 Å². The van der Waals surface area contributed by atoms with Gasteiger partial charge in [-0.2, -0.15) is 0 Å². The molecule has 1 aromatic heterocycles. The van der Waals surface area contributed by atoms with E-state index in [0.717, 1.165) is 50.2 Å². The van der Waals surface area contributed by atoms with Crippen molar-refractivity contribution in [1.82, 2.24) is 9.88 Å². The zero-order valence-electron chi connectivity index (χ0n) is 23.7. The second-order valence-corrected chi connectivity index (χ2v) is 12.0. The first-order valence-electron chi connectivity index (χ1n) is 13.7. The monoisotopic (exact) mass is 523 g/mol. The Bertz CT molecular complexity index is 1200. The van der Waals surface area contributed by atoms with E-state index in [2.05, 4.69) is 44.7 Å². The lowest BCUT2D eigenvalue weighted by molar-refractivity contribution is -0.173. The molecule has 3 atom stereocenters. The van der Waals surface area contributed by atoms with Crippen LogP contribution in [0.5, 0.6) is 11.5 Å². The first-order valence-corrected chi connectivity index (χ1v) is 13.7. The molecule has 5 rings (SSSR count). The number of carboxylic acid groups (broad SMARTS) is 1. The fraction of sp³-hybridized carbons (Fsp3) is 0.600. The van der Waals surface area contributed by atoms with Gasteiger partial charge in [-0.3, -0.25) is 0 Å². The molecule has 1 saturated carbocycles. The third-order valence-corrected chi connectivity index (χ3v) is 9.00. The Morgan fingerprint density at radius 1 is 1.08 bits per heavy atom. The van der Waals surface area contributed by atoms with Gasteiger partial charge in [0.1, 0.15) is 5.82 Å². The SMILES string of the molecule is Cc1c(C(=O)O)cc(-c2ccc(N3C[C@@H](C)O[C@@H](C)C3)nc2)c2c1OC(C)(C1(C)CCC(N(C)C)CC1)O2. The number of rotatable bonds is 5. The van der Waals surface area contributed by atoms with Crippen LogP contribution >= 0.6 is 0 Å². The minimum atomic E-state index is -0.984. The second-order valence-electron chi connectivity index (χ2n) is 12.0. The zero-order valence-corrected chi connectivity index (χ0v) is 23.7. The molecule has 8 nitrogen and oxygen atoms in total. The fourth-order valence-corrected chi connectivity index (χ4v) is 6.36. The second kappa shape index (κ2) is 9.72. The highest BCUT2D eigenvalue weighted by Gasteiger charge is 2.55. The van der Waals surface area contributed by atoms with E-state index in [1.54, 1.807) is 19.2 Å². The van der Waals surface area contributed by atoms with Gasteiger partial charge in [-0.05, 0) is 78.7 Å². The molecule has 1 aliphatic carbocycles. The average Bonchev–Trinajstić information content (AvgIpc) is 3.24. The summed E-state index contributed by atoms with van der Waals surface area (Å²) in [4.78, 5) is 21.5. The average molecular weight is 524 g/mol. The van der Waals surface area contributed by atoms with Crippen molar-refractivity contribution in [2.24, 2.45) is 5.41 Å². The molecule has 38 heavy (non-hydrogen) atoms. The summed E-state index contributed by atoms with van der Waals surface area (Å²) in [7, 11) is 4.27. The Labute approximate surface area is 225 Å². The summed E-state index contributed by atoms with van der Waals surface area (Å²) in [6.45, 7) is 11.7. The number of hydrogen-bond donors (Lipinski definition) is 1. The maximum Gasteiger partial charge on any atom is 0.336 e. The summed E-state index contributed by atoms with van der Waals surface area (Å²) in [5, 5.41) is 10.0. The van der Waals surface area contributed by atoms with Crippen LogP contribution in [0.25, 0.3) is 11.1 Å². The molecule has 2 aromatic rings. The van der Waals surface area contributed by atoms with Crippen LogP contribution < -0.4 is 14.4 Å². The lowest BCUT2D eigenvalue weighted by Crippen LogP contribution is -2.53. The Kier molecular flexibility index (Phi) is 6.84.